The third-order valence-corrected chi connectivity index (χ3v) is 2.04. The lowest BCUT2D eigenvalue weighted by atomic mass is 9.93. The summed E-state index contributed by atoms with van der Waals surface area (Å²) in [5.41, 5.74) is 1.06. The molecule has 0 aliphatic carbocycles. The molecule has 1 atom stereocenters. The second-order valence-electron chi connectivity index (χ2n) is 3.05. The van der Waals surface area contributed by atoms with E-state index in [1.165, 1.54) is 6.07 Å². The van der Waals surface area contributed by atoms with Crippen molar-refractivity contribution in [3.05, 3.63) is 39.4 Å². The van der Waals surface area contributed by atoms with Gasteiger partial charge in [-0.15, -0.1) is 0 Å². The van der Waals surface area contributed by atoms with E-state index in [4.69, 9.17) is 7.85 Å². The molecule has 0 aromatic heterocycles. The van der Waals surface area contributed by atoms with Gasteiger partial charge in [0.1, 0.15) is 0 Å². The van der Waals surface area contributed by atoms with Crippen molar-refractivity contribution in [2.75, 3.05) is 0 Å². The number of nitro benzene ring substituents is 1. The molecule has 5 heteroatoms. The van der Waals surface area contributed by atoms with Crippen molar-refractivity contribution >= 4 is 13.5 Å². The van der Waals surface area contributed by atoms with Gasteiger partial charge in [-0.1, -0.05) is 18.5 Å². The number of hydrogen-bond acceptors (Lipinski definition) is 3. The van der Waals surface area contributed by atoms with E-state index in [2.05, 4.69) is 0 Å². The van der Waals surface area contributed by atoms with Gasteiger partial charge in [0.2, 0.25) is 0 Å². The summed E-state index contributed by atoms with van der Waals surface area (Å²) in [6.07, 6.45) is -0.783. The minimum atomic E-state index is -0.839. The Bertz CT molecular complexity index is 354. The molecule has 0 saturated heterocycles. The van der Waals surface area contributed by atoms with Gasteiger partial charge in [0.15, 0.2) is 0 Å². The third kappa shape index (κ3) is 2.11. The van der Waals surface area contributed by atoms with Crippen LogP contribution in [0.1, 0.15) is 17.2 Å². The van der Waals surface area contributed by atoms with E-state index < -0.39 is 11.0 Å². The number of nitrogens with zero attached hydrogens (tertiary/aromatic N) is 1. The summed E-state index contributed by atoms with van der Waals surface area (Å²) in [4.78, 5) is 10.1. The molecule has 0 heterocycles. The Morgan fingerprint density at radius 1 is 1.64 bits per heavy atom. The highest BCUT2D eigenvalue weighted by Gasteiger charge is 2.13. The summed E-state index contributed by atoms with van der Waals surface area (Å²) in [5.74, 6) is 0. The van der Waals surface area contributed by atoms with E-state index >= 15 is 0 Å². The van der Waals surface area contributed by atoms with Crippen molar-refractivity contribution < 1.29 is 10.0 Å². The van der Waals surface area contributed by atoms with Crippen molar-refractivity contribution in [1.29, 1.82) is 0 Å². The molecule has 14 heavy (non-hydrogen) atoms. The van der Waals surface area contributed by atoms with Crippen LogP contribution in [0, 0.1) is 17.0 Å². The van der Waals surface area contributed by atoms with Crippen molar-refractivity contribution in [3.8, 4) is 0 Å². The Morgan fingerprint density at radius 2 is 2.29 bits per heavy atom. The average Bonchev–Trinajstić information content (AvgIpc) is 2.17. The van der Waals surface area contributed by atoms with Gasteiger partial charge >= 0.3 is 0 Å². The smallest absolute Gasteiger partial charge is 0.272 e. The summed E-state index contributed by atoms with van der Waals surface area (Å²) in [6.45, 7) is 1.65. The van der Waals surface area contributed by atoms with Crippen LogP contribution in [0.5, 0.6) is 0 Å². The first-order chi connectivity index (χ1) is 6.56. The number of aliphatic hydroxyl groups is 1. The molecule has 2 radical (unpaired) electrons. The molecule has 0 bridgehead atoms. The maximum absolute atomic E-state index is 10.6. The van der Waals surface area contributed by atoms with Gasteiger partial charge in [0.05, 0.1) is 18.9 Å². The largest absolute Gasteiger partial charge is 0.389 e. The van der Waals surface area contributed by atoms with Crippen LogP contribution in [-0.4, -0.2) is 17.9 Å². The highest BCUT2D eigenvalue weighted by Crippen LogP contribution is 2.24. The van der Waals surface area contributed by atoms with Gasteiger partial charge in [0.25, 0.3) is 5.69 Å². The topological polar surface area (TPSA) is 63.4 Å². The number of hydrogen-bond donors (Lipinski definition) is 1. The average molecular weight is 191 g/mol. The maximum atomic E-state index is 10.6. The van der Waals surface area contributed by atoms with E-state index in [9.17, 15) is 15.2 Å². The van der Waals surface area contributed by atoms with Crippen LogP contribution in [0.4, 0.5) is 5.69 Å². The number of benzene rings is 1. The lowest BCUT2D eigenvalue weighted by Gasteiger charge is -2.08. The molecule has 1 rings (SSSR count). The van der Waals surface area contributed by atoms with Gasteiger partial charge in [-0.05, 0) is 12.5 Å². The van der Waals surface area contributed by atoms with E-state index in [1.807, 2.05) is 0 Å². The zero-order valence-corrected chi connectivity index (χ0v) is 7.80. The maximum Gasteiger partial charge on any atom is 0.272 e. The van der Waals surface area contributed by atoms with E-state index in [-0.39, 0.29) is 12.0 Å². The Morgan fingerprint density at radius 3 is 2.79 bits per heavy atom. The number of aliphatic hydroxyl groups excluding tert-OH is 1. The minimum absolute atomic E-state index is 0.00926. The normalized spacial score (nSPS) is 12.4. The molecular formula is C9H10BNO3. The Kier molecular flexibility index (Phi) is 3.25. The fourth-order valence-corrected chi connectivity index (χ4v) is 1.17. The first-order valence-electron chi connectivity index (χ1n) is 4.19. The first kappa shape index (κ1) is 10.7. The Labute approximate surface area is 83.1 Å². The second kappa shape index (κ2) is 4.24. The predicted octanol–water partition coefficient (Wildman–Crippen LogP) is 1.52. The van der Waals surface area contributed by atoms with Crippen LogP contribution in [0.15, 0.2) is 18.2 Å². The van der Waals surface area contributed by atoms with Crippen LogP contribution >= 0.6 is 0 Å². The van der Waals surface area contributed by atoms with Crippen molar-refractivity contribution in [2.45, 2.75) is 19.3 Å². The SMILES string of the molecule is [B]CC(O)c1ccc(C)c([N+](=O)[O-])c1. The molecule has 0 spiro atoms. The molecule has 0 amide bonds. The van der Waals surface area contributed by atoms with Crippen LogP contribution < -0.4 is 0 Å². The predicted molar refractivity (Wildman–Crippen MR) is 53.4 cm³/mol. The fraction of sp³-hybridized carbons (Fsp3) is 0.333. The molecule has 1 unspecified atom stereocenters. The third-order valence-electron chi connectivity index (χ3n) is 2.04. The summed E-state index contributed by atoms with van der Waals surface area (Å²) in [7, 11) is 5.25. The molecule has 0 saturated carbocycles. The number of nitro groups is 1. The lowest BCUT2D eigenvalue weighted by molar-refractivity contribution is -0.385. The summed E-state index contributed by atoms with van der Waals surface area (Å²) in [5, 5.41) is 20.0. The van der Waals surface area contributed by atoms with E-state index in [0.717, 1.165) is 0 Å². The standard InChI is InChI=1S/C9H10BNO3/c1-6-2-3-7(9(12)5-10)4-8(6)11(13)14/h2-4,9,12H,5H2,1H3. The monoisotopic (exact) mass is 191 g/mol. The van der Waals surface area contributed by atoms with Gasteiger partial charge in [-0.2, -0.15) is 0 Å². The molecule has 0 fully saturated rings. The van der Waals surface area contributed by atoms with Crippen molar-refractivity contribution in [3.63, 3.8) is 0 Å². The van der Waals surface area contributed by atoms with E-state index in [1.54, 1.807) is 19.1 Å². The van der Waals surface area contributed by atoms with Crippen LogP contribution in [0.3, 0.4) is 0 Å². The molecule has 1 N–H and O–H groups in total. The van der Waals surface area contributed by atoms with Gasteiger partial charge in [-0.3, -0.25) is 10.1 Å². The molecule has 72 valence electrons. The quantitative estimate of drug-likeness (QED) is 0.447. The highest BCUT2D eigenvalue weighted by atomic mass is 16.6. The first-order valence-corrected chi connectivity index (χ1v) is 4.19. The van der Waals surface area contributed by atoms with Gasteiger partial charge in [-0.25, -0.2) is 0 Å². The van der Waals surface area contributed by atoms with Gasteiger partial charge < -0.3 is 5.11 Å². The van der Waals surface area contributed by atoms with Crippen LogP contribution in [0.25, 0.3) is 0 Å². The molecular weight excluding hydrogens is 181 g/mol. The Balaban J connectivity index is 3.12. The Hall–Kier alpha value is -1.36. The van der Waals surface area contributed by atoms with Crippen molar-refractivity contribution in [2.24, 2.45) is 0 Å². The summed E-state index contributed by atoms with van der Waals surface area (Å²) >= 11 is 0. The summed E-state index contributed by atoms with van der Waals surface area (Å²) in [6, 6.07) is 4.60. The lowest BCUT2D eigenvalue weighted by Crippen LogP contribution is -1.99. The molecule has 0 aliphatic heterocycles. The molecule has 4 nitrogen and oxygen atoms in total. The number of rotatable bonds is 3. The van der Waals surface area contributed by atoms with Crippen LogP contribution in [-0.2, 0) is 0 Å². The fourth-order valence-electron chi connectivity index (χ4n) is 1.17. The van der Waals surface area contributed by atoms with E-state index in [0.29, 0.717) is 11.1 Å². The summed E-state index contributed by atoms with van der Waals surface area (Å²) < 4.78 is 0. The zero-order chi connectivity index (χ0) is 10.7. The second-order valence-corrected chi connectivity index (χ2v) is 3.05. The van der Waals surface area contributed by atoms with Gasteiger partial charge in [0, 0.05) is 11.6 Å². The highest BCUT2D eigenvalue weighted by molar-refractivity contribution is 6.08. The molecule has 0 aliphatic rings. The van der Waals surface area contributed by atoms with Crippen molar-refractivity contribution in [1.82, 2.24) is 0 Å². The van der Waals surface area contributed by atoms with Crippen LogP contribution in [0.2, 0.25) is 6.32 Å². The minimum Gasteiger partial charge on any atom is -0.389 e. The zero-order valence-electron chi connectivity index (χ0n) is 7.80. The molecule has 1 aromatic rings. The number of aryl methyl sites for hydroxylation is 1. The molecule has 1 aromatic carbocycles.